The number of ether oxygens (including phenoxy) is 1. The Morgan fingerprint density at radius 3 is 2.74 bits per heavy atom. The molecule has 19 heavy (non-hydrogen) atoms. The molecule has 2 heterocycles. The van der Waals surface area contributed by atoms with Gasteiger partial charge in [0, 0.05) is 20.2 Å². The summed E-state index contributed by atoms with van der Waals surface area (Å²) in [6.07, 6.45) is 0. The van der Waals surface area contributed by atoms with Gasteiger partial charge in [-0.05, 0) is 33.8 Å². The van der Waals surface area contributed by atoms with Crippen LogP contribution in [-0.2, 0) is 21.3 Å². The van der Waals surface area contributed by atoms with E-state index in [9.17, 15) is 8.42 Å². The largest absolute Gasteiger partial charge is 0.383 e. The topological polar surface area (TPSA) is 46.6 Å². The van der Waals surface area contributed by atoms with E-state index < -0.39 is 10.0 Å². The van der Waals surface area contributed by atoms with Crippen molar-refractivity contribution in [1.29, 1.82) is 0 Å². The second kappa shape index (κ2) is 6.62. The zero-order valence-electron chi connectivity index (χ0n) is 10.5. The van der Waals surface area contributed by atoms with Gasteiger partial charge in [-0.15, -0.1) is 11.3 Å². The molecule has 0 aliphatic carbocycles. The average molecular weight is 317 g/mol. The Morgan fingerprint density at radius 1 is 1.32 bits per heavy atom. The monoisotopic (exact) mass is 317 g/mol. The van der Waals surface area contributed by atoms with Gasteiger partial charge < -0.3 is 4.74 Å². The molecule has 4 nitrogen and oxygen atoms in total. The third-order valence-electron chi connectivity index (χ3n) is 2.57. The van der Waals surface area contributed by atoms with Crippen LogP contribution in [-0.4, -0.2) is 33.0 Å². The van der Waals surface area contributed by atoms with Crippen LogP contribution in [0.25, 0.3) is 0 Å². The van der Waals surface area contributed by atoms with Crippen LogP contribution in [0.2, 0.25) is 0 Å². The Kier molecular flexibility index (Phi) is 5.12. The molecule has 0 radical (unpaired) electrons. The summed E-state index contributed by atoms with van der Waals surface area (Å²) >= 11 is 2.80. The second-order valence-electron chi connectivity index (χ2n) is 3.90. The molecule has 0 spiro atoms. The van der Waals surface area contributed by atoms with E-state index in [0.29, 0.717) is 23.9 Å². The normalized spacial score (nSPS) is 12.1. The van der Waals surface area contributed by atoms with E-state index >= 15 is 0 Å². The van der Waals surface area contributed by atoms with Gasteiger partial charge in [0.2, 0.25) is 0 Å². The smallest absolute Gasteiger partial charge is 0.252 e. The summed E-state index contributed by atoms with van der Waals surface area (Å²) in [6.45, 7) is 1.12. The van der Waals surface area contributed by atoms with Crippen LogP contribution < -0.4 is 0 Å². The maximum atomic E-state index is 12.5. The Labute approximate surface area is 121 Å². The Bertz CT molecular complexity index is 576. The van der Waals surface area contributed by atoms with Gasteiger partial charge in [0.1, 0.15) is 4.21 Å². The highest BCUT2D eigenvalue weighted by molar-refractivity contribution is 7.91. The number of thiophene rings is 2. The lowest BCUT2D eigenvalue weighted by molar-refractivity contribution is 0.177. The summed E-state index contributed by atoms with van der Waals surface area (Å²) in [5.41, 5.74) is 1.00. The summed E-state index contributed by atoms with van der Waals surface area (Å²) in [5.74, 6) is 0. The SMILES string of the molecule is COCCN(Cc1ccsc1)S(=O)(=O)c1cccs1. The molecule has 0 atom stereocenters. The molecule has 0 unspecified atom stereocenters. The molecule has 0 amide bonds. The molecule has 0 saturated heterocycles. The lowest BCUT2D eigenvalue weighted by atomic mass is 10.3. The van der Waals surface area contributed by atoms with Crippen molar-refractivity contribution in [2.45, 2.75) is 10.8 Å². The molecular weight excluding hydrogens is 302 g/mol. The number of hydrogen-bond acceptors (Lipinski definition) is 5. The zero-order chi connectivity index (χ0) is 13.7. The maximum Gasteiger partial charge on any atom is 0.252 e. The van der Waals surface area contributed by atoms with Crippen LogP contribution in [0.15, 0.2) is 38.5 Å². The fourth-order valence-corrected chi connectivity index (χ4v) is 4.82. The fourth-order valence-electron chi connectivity index (χ4n) is 1.60. The van der Waals surface area contributed by atoms with Crippen LogP contribution in [0.5, 0.6) is 0 Å². The van der Waals surface area contributed by atoms with Crippen LogP contribution in [0.3, 0.4) is 0 Å². The van der Waals surface area contributed by atoms with E-state index in [0.717, 1.165) is 5.56 Å². The van der Waals surface area contributed by atoms with E-state index in [1.165, 1.54) is 15.6 Å². The minimum atomic E-state index is -3.43. The zero-order valence-corrected chi connectivity index (χ0v) is 12.9. The summed E-state index contributed by atoms with van der Waals surface area (Å²) in [4.78, 5) is 0. The van der Waals surface area contributed by atoms with Crippen molar-refractivity contribution in [3.05, 3.63) is 39.9 Å². The third kappa shape index (κ3) is 3.64. The summed E-state index contributed by atoms with van der Waals surface area (Å²) < 4.78 is 31.9. The molecule has 7 heteroatoms. The Morgan fingerprint density at radius 2 is 2.16 bits per heavy atom. The molecule has 0 saturated carbocycles. The Hall–Kier alpha value is -0.730. The quantitative estimate of drug-likeness (QED) is 0.789. The molecule has 0 bridgehead atoms. The van der Waals surface area contributed by atoms with Crippen molar-refractivity contribution in [3.8, 4) is 0 Å². The van der Waals surface area contributed by atoms with Gasteiger partial charge in [0.25, 0.3) is 10.0 Å². The molecule has 104 valence electrons. The van der Waals surface area contributed by atoms with Gasteiger partial charge in [0.15, 0.2) is 0 Å². The van der Waals surface area contributed by atoms with Crippen LogP contribution >= 0.6 is 22.7 Å². The summed E-state index contributed by atoms with van der Waals surface area (Å²) in [5, 5.41) is 5.68. The van der Waals surface area contributed by atoms with Crippen molar-refractivity contribution in [1.82, 2.24) is 4.31 Å². The van der Waals surface area contributed by atoms with Gasteiger partial charge >= 0.3 is 0 Å². The van der Waals surface area contributed by atoms with Crippen LogP contribution in [0.1, 0.15) is 5.56 Å². The number of hydrogen-bond donors (Lipinski definition) is 0. The average Bonchev–Trinajstić information content (AvgIpc) is 3.06. The highest BCUT2D eigenvalue weighted by Crippen LogP contribution is 2.23. The maximum absolute atomic E-state index is 12.5. The van der Waals surface area contributed by atoms with Gasteiger partial charge in [-0.25, -0.2) is 8.42 Å². The third-order valence-corrected chi connectivity index (χ3v) is 6.52. The second-order valence-corrected chi connectivity index (χ2v) is 7.79. The fraction of sp³-hybridized carbons (Fsp3) is 0.333. The van der Waals surface area contributed by atoms with E-state index in [2.05, 4.69) is 0 Å². The van der Waals surface area contributed by atoms with Gasteiger partial charge in [-0.1, -0.05) is 6.07 Å². The summed E-state index contributed by atoms with van der Waals surface area (Å²) in [6, 6.07) is 5.32. The predicted molar refractivity (Wildman–Crippen MR) is 78.1 cm³/mol. The lowest BCUT2D eigenvalue weighted by Gasteiger charge is -2.20. The molecule has 0 N–H and O–H groups in total. The van der Waals surface area contributed by atoms with Gasteiger partial charge in [-0.2, -0.15) is 15.6 Å². The first-order chi connectivity index (χ1) is 9.14. The van der Waals surface area contributed by atoms with Crippen LogP contribution in [0, 0.1) is 0 Å². The molecule has 0 aromatic carbocycles. The van der Waals surface area contributed by atoms with Crippen LogP contribution in [0.4, 0.5) is 0 Å². The summed E-state index contributed by atoms with van der Waals surface area (Å²) in [7, 11) is -1.86. The molecular formula is C12H15NO3S3. The molecule has 2 rings (SSSR count). The molecule has 0 fully saturated rings. The Balaban J connectivity index is 2.22. The van der Waals surface area contributed by atoms with E-state index in [-0.39, 0.29) is 0 Å². The van der Waals surface area contributed by atoms with Gasteiger partial charge in [0.05, 0.1) is 6.61 Å². The van der Waals surface area contributed by atoms with Crippen molar-refractivity contribution < 1.29 is 13.2 Å². The predicted octanol–water partition coefficient (Wildman–Crippen LogP) is 2.65. The number of nitrogens with zero attached hydrogens (tertiary/aromatic N) is 1. The first kappa shape index (κ1) is 14.7. The number of sulfonamides is 1. The molecule has 2 aromatic heterocycles. The van der Waals surface area contributed by atoms with Crippen molar-refractivity contribution in [3.63, 3.8) is 0 Å². The number of methoxy groups -OCH3 is 1. The first-order valence-corrected chi connectivity index (χ1v) is 8.94. The van der Waals surface area contributed by atoms with E-state index in [1.807, 2.05) is 16.8 Å². The van der Waals surface area contributed by atoms with Crippen molar-refractivity contribution >= 4 is 32.7 Å². The highest BCUT2D eigenvalue weighted by Gasteiger charge is 2.25. The standard InChI is InChI=1S/C12H15NO3S3/c1-16-6-5-13(9-11-4-8-17-10-11)19(14,15)12-3-2-7-18-12/h2-4,7-8,10H,5-6,9H2,1H3. The van der Waals surface area contributed by atoms with Gasteiger partial charge in [-0.3, -0.25) is 0 Å². The molecule has 2 aromatic rings. The molecule has 0 aliphatic rings. The van der Waals surface area contributed by atoms with Crippen molar-refractivity contribution in [2.75, 3.05) is 20.3 Å². The lowest BCUT2D eigenvalue weighted by Crippen LogP contribution is -2.32. The number of rotatable bonds is 7. The van der Waals surface area contributed by atoms with E-state index in [4.69, 9.17) is 4.74 Å². The van der Waals surface area contributed by atoms with Crippen molar-refractivity contribution in [2.24, 2.45) is 0 Å². The molecule has 0 aliphatic heterocycles. The minimum Gasteiger partial charge on any atom is -0.383 e. The first-order valence-electron chi connectivity index (χ1n) is 5.68. The minimum absolute atomic E-state index is 0.354. The highest BCUT2D eigenvalue weighted by atomic mass is 32.2. The van der Waals surface area contributed by atoms with E-state index in [1.54, 1.807) is 36.0 Å².